The normalized spacial score (nSPS) is 10.7. The molecule has 0 aliphatic heterocycles. The molecule has 0 aliphatic rings. The average molecular weight is 367 g/mol. The predicted molar refractivity (Wildman–Crippen MR) is 99.4 cm³/mol. The third kappa shape index (κ3) is 4.48. The SMILES string of the molecule is COCCCNC(=O)c1nc(C(=O)NCc2ccncc2)n2ccccc12. The number of rotatable bonds is 8. The number of carbonyl (C=O) groups excluding carboxylic acids is 2. The highest BCUT2D eigenvalue weighted by Gasteiger charge is 2.21. The van der Waals surface area contributed by atoms with Crippen LogP contribution in [-0.4, -0.2) is 46.4 Å². The summed E-state index contributed by atoms with van der Waals surface area (Å²) >= 11 is 0. The molecule has 2 amide bonds. The minimum absolute atomic E-state index is 0.168. The van der Waals surface area contributed by atoms with Crippen LogP contribution in [0.4, 0.5) is 0 Å². The maximum absolute atomic E-state index is 12.6. The number of ether oxygens (including phenoxy) is 1. The van der Waals surface area contributed by atoms with Gasteiger partial charge in [-0.2, -0.15) is 0 Å². The third-order valence-corrected chi connectivity index (χ3v) is 3.98. The van der Waals surface area contributed by atoms with Gasteiger partial charge in [0, 0.05) is 45.4 Å². The molecule has 3 aromatic rings. The largest absolute Gasteiger partial charge is 0.385 e. The summed E-state index contributed by atoms with van der Waals surface area (Å²) in [5.41, 5.74) is 1.73. The van der Waals surface area contributed by atoms with Crippen LogP contribution in [0, 0.1) is 0 Å². The first kappa shape index (κ1) is 18.5. The Morgan fingerprint density at radius 3 is 2.70 bits per heavy atom. The van der Waals surface area contributed by atoms with Crippen molar-refractivity contribution in [1.29, 1.82) is 0 Å². The van der Waals surface area contributed by atoms with E-state index in [1.807, 2.05) is 12.1 Å². The zero-order valence-corrected chi connectivity index (χ0v) is 15.0. The average Bonchev–Trinajstić information content (AvgIpc) is 3.10. The maximum atomic E-state index is 12.6. The molecule has 2 N–H and O–H groups in total. The topological polar surface area (TPSA) is 97.6 Å². The van der Waals surface area contributed by atoms with Crippen LogP contribution < -0.4 is 10.6 Å². The van der Waals surface area contributed by atoms with Crippen molar-refractivity contribution in [2.75, 3.05) is 20.3 Å². The molecule has 0 aliphatic carbocycles. The molecule has 0 atom stereocenters. The number of amides is 2. The van der Waals surface area contributed by atoms with E-state index >= 15 is 0 Å². The Bertz CT molecular complexity index is 923. The Morgan fingerprint density at radius 2 is 1.93 bits per heavy atom. The summed E-state index contributed by atoms with van der Waals surface area (Å²) in [6, 6.07) is 8.99. The van der Waals surface area contributed by atoms with E-state index in [0.717, 1.165) is 5.56 Å². The summed E-state index contributed by atoms with van der Waals surface area (Å²) in [6.45, 7) is 1.39. The first-order valence-corrected chi connectivity index (χ1v) is 8.62. The third-order valence-electron chi connectivity index (χ3n) is 3.98. The molecule has 27 heavy (non-hydrogen) atoms. The lowest BCUT2D eigenvalue weighted by atomic mass is 10.3. The van der Waals surface area contributed by atoms with Gasteiger partial charge in [-0.25, -0.2) is 4.98 Å². The molecule has 3 aromatic heterocycles. The Morgan fingerprint density at radius 1 is 1.11 bits per heavy atom. The fourth-order valence-corrected chi connectivity index (χ4v) is 2.63. The van der Waals surface area contributed by atoms with Crippen molar-refractivity contribution in [3.05, 3.63) is 66.0 Å². The zero-order valence-electron chi connectivity index (χ0n) is 15.0. The molecule has 140 valence electrons. The molecule has 8 heteroatoms. The summed E-state index contributed by atoms with van der Waals surface area (Å²) in [4.78, 5) is 33.3. The van der Waals surface area contributed by atoms with Crippen molar-refractivity contribution in [3.8, 4) is 0 Å². The van der Waals surface area contributed by atoms with Crippen molar-refractivity contribution in [2.45, 2.75) is 13.0 Å². The zero-order chi connectivity index (χ0) is 19.1. The molecule has 3 rings (SSSR count). The van der Waals surface area contributed by atoms with Gasteiger partial charge in [0.2, 0.25) is 5.82 Å². The van der Waals surface area contributed by atoms with Gasteiger partial charge in [-0.1, -0.05) is 6.07 Å². The molecular weight excluding hydrogens is 346 g/mol. The molecule has 0 unspecified atom stereocenters. The van der Waals surface area contributed by atoms with E-state index in [0.29, 0.717) is 31.6 Å². The predicted octanol–water partition coefficient (Wildman–Crippen LogP) is 1.43. The lowest BCUT2D eigenvalue weighted by Gasteiger charge is -2.04. The summed E-state index contributed by atoms with van der Waals surface area (Å²) < 4.78 is 6.59. The van der Waals surface area contributed by atoms with E-state index in [1.165, 1.54) is 0 Å². The molecule has 0 aromatic carbocycles. The number of pyridine rings is 2. The van der Waals surface area contributed by atoms with Gasteiger partial charge in [-0.15, -0.1) is 0 Å². The van der Waals surface area contributed by atoms with Crippen molar-refractivity contribution in [1.82, 2.24) is 25.0 Å². The van der Waals surface area contributed by atoms with Gasteiger partial charge < -0.3 is 15.4 Å². The highest BCUT2D eigenvalue weighted by Crippen LogP contribution is 2.13. The van der Waals surface area contributed by atoms with E-state index in [-0.39, 0.29) is 23.3 Å². The van der Waals surface area contributed by atoms with E-state index in [9.17, 15) is 9.59 Å². The summed E-state index contributed by atoms with van der Waals surface area (Å²) in [6.07, 6.45) is 5.75. The number of nitrogens with one attached hydrogen (secondary N) is 2. The quantitative estimate of drug-likeness (QED) is 0.587. The summed E-state index contributed by atoms with van der Waals surface area (Å²) in [5.74, 6) is -0.504. The number of hydrogen-bond donors (Lipinski definition) is 2. The number of aromatic nitrogens is 3. The van der Waals surface area contributed by atoms with Crippen molar-refractivity contribution in [2.24, 2.45) is 0 Å². The Kier molecular flexibility index (Phi) is 6.11. The van der Waals surface area contributed by atoms with E-state index < -0.39 is 0 Å². The second-order valence-electron chi connectivity index (χ2n) is 5.88. The van der Waals surface area contributed by atoms with Crippen LogP contribution in [-0.2, 0) is 11.3 Å². The number of methoxy groups -OCH3 is 1. The van der Waals surface area contributed by atoms with Crippen LogP contribution in [0.5, 0.6) is 0 Å². The van der Waals surface area contributed by atoms with Crippen molar-refractivity contribution < 1.29 is 14.3 Å². The molecule has 0 fully saturated rings. The standard InChI is InChI=1S/C19H21N5O3/c1-27-12-4-8-21-18(25)16-15-5-2-3-11-24(15)17(23-16)19(26)22-13-14-6-9-20-10-7-14/h2-3,5-7,9-11H,4,8,12-13H2,1H3,(H,21,25)(H,22,26). The number of fused-ring (bicyclic) bond motifs is 1. The summed E-state index contributed by atoms with van der Waals surface area (Å²) in [5, 5.41) is 5.62. The van der Waals surface area contributed by atoms with Gasteiger partial charge in [0.25, 0.3) is 11.8 Å². The van der Waals surface area contributed by atoms with E-state index in [2.05, 4.69) is 20.6 Å². The number of nitrogens with zero attached hydrogens (tertiary/aromatic N) is 3. The highest BCUT2D eigenvalue weighted by atomic mass is 16.5. The van der Waals surface area contributed by atoms with Gasteiger partial charge in [0.05, 0.1) is 5.52 Å². The van der Waals surface area contributed by atoms with Crippen molar-refractivity contribution in [3.63, 3.8) is 0 Å². The van der Waals surface area contributed by atoms with E-state index in [4.69, 9.17) is 4.74 Å². The monoisotopic (exact) mass is 367 g/mol. The minimum atomic E-state index is -0.355. The van der Waals surface area contributed by atoms with Gasteiger partial charge in [-0.3, -0.25) is 19.0 Å². The number of carbonyl (C=O) groups is 2. The first-order valence-electron chi connectivity index (χ1n) is 8.62. The van der Waals surface area contributed by atoms with Gasteiger partial charge in [0.15, 0.2) is 5.69 Å². The van der Waals surface area contributed by atoms with Crippen LogP contribution in [0.15, 0.2) is 48.9 Å². The van der Waals surface area contributed by atoms with Gasteiger partial charge in [0.1, 0.15) is 0 Å². The molecular formula is C19H21N5O3. The van der Waals surface area contributed by atoms with E-state index in [1.54, 1.807) is 48.3 Å². The lowest BCUT2D eigenvalue weighted by Crippen LogP contribution is -2.27. The van der Waals surface area contributed by atoms with Crippen molar-refractivity contribution >= 4 is 17.3 Å². The van der Waals surface area contributed by atoms with Crippen LogP contribution in [0.1, 0.15) is 33.1 Å². The maximum Gasteiger partial charge on any atom is 0.287 e. The molecule has 0 saturated heterocycles. The lowest BCUT2D eigenvalue weighted by molar-refractivity contribution is 0.0939. The minimum Gasteiger partial charge on any atom is -0.385 e. The Balaban J connectivity index is 1.77. The van der Waals surface area contributed by atoms with Crippen LogP contribution in [0.2, 0.25) is 0 Å². The second kappa shape index (κ2) is 8.91. The second-order valence-corrected chi connectivity index (χ2v) is 5.88. The summed E-state index contributed by atoms with van der Waals surface area (Å²) in [7, 11) is 1.61. The fraction of sp³-hybridized carbons (Fsp3) is 0.263. The molecule has 8 nitrogen and oxygen atoms in total. The first-order chi connectivity index (χ1) is 13.2. The number of imidazole rings is 1. The fourth-order valence-electron chi connectivity index (χ4n) is 2.63. The highest BCUT2D eigenvalue weighted by molar-refractivity contribution is 6.02. The van der Waals surface area contributed by atoms with Crippen LogP contribution >= 0.6 is 0 Å². The number of hydrogen-bond acceptors (Lipinski definition) is 5. The van der Waals surface area contributed by atoms with Gasteiger partial charge in [-0.05, 0) is 36.2 Å². The molecule has 3 heterocycles. The van der Waals surface area contributed by atoms with Gasteiger partial charge >= 0.3 is 0 Å². The Hall–Kier alpha value is -3.26. The smallest absolute Gasteiger partial charge is 0.287 e. The molecule has 0 bridgehead atoms. The van der Waals surface area contributed by atoms with Crippen LogP contribution in [0.3, 0.4) is 0 Å². The molecule has 0 radical (unpaired) electrons. The Labute approximate surface area is 156 Å². The molecule has 0 saturated carbocycles. The molecule has 0 spiro atoms. The van der Waals surface area contributed by atoms with Crippen LogP contribution in [0.25, 0.3) is 5.52 Å².